The molecule has 0 saturated carbocycles. The van der Waals surface area contributed by atoms with Crippen LogP contribution in [0.3, 0.4) is 0 Å². The van der Waals surface area contributed by atoms with Crippen LogP contribution in [0.5, 0.6) is 0 Å². The largest absolute Gasteiger partial charge is 0.450 e. The Kier molecular flexibility index (Phi) is 3.28. The highest BCUT2D eigenvalue weighted by Crippen LogP contribution is 2.22. The molecule has 100 valence electrons. The summed E-state index contributed by atoms with van der Waals surface area (Å²) in [6.45, 7) is 1.94. The summed E-state index contributed by atoms with van der Waals surface area (Å²) in [5.41, 5.74) is 2.04. The molecule has 1 aromatic heterocycles. The van der Waals surface area contributed by atoms with E-state index < -0.39 is 5.97 Å². The first-order valence-electron chi connectivity index (χ1n) is 5.97. The molecule has 2 aromatic rings. The smallest absolute Gasteiger partial charge is 0.363 e. The highest BCUT2D eigenvalue weighted by Gasteiger charge is 2.25. The van der Waals surface area contributed by atoms with Gasteiger partial charge in [-0.3, -0.25) is 0 Å². The van der Waals surface area contributed by atoms with Gasteiger partial charge in [0.05, 0.1) is 0 Å². The molecule has 20 heavy (non-hydrogen) atoms. The van der Waals surface area contributed by atoms with Crippen LogP contribution in [0.2, 0.25) is 0 Å². The molecule has 0 amide bonds. The van der Waals surface area contributed by atoms with Gasteiger partial charge in [-0.05, 0) is 46.6 Å². The average Bonchev–Trinajstić information content (AvgIpc) is 2.98. The van der Waals surface area contributed by atoms with Crippen LogP contribution < -0.4 is 0 Å². The van der Waals surface area contributed by atoms with Crippen molar-refractivity contribution in [3.05, 3.63) is 63.7 Å². The van der Waals surface area contributed by atoms with Crippen molar-refractivity contribution >= 4 is 33.9 Å². The van der Waals surface area contributed by atoms with E-state index in [4.69, 9.17) is 9.15 Å². The van der Waals surface area contributed by atoms with Gasteiger partial charge in [0, 0.05) is 11.6 Å². The van der Waals surface area contributed by atoms with Gasteiger partial charge in [-0.15, -0.1) is 0 Å². The van der Waals surface area contributed by atoms with E-state index in [0.717, 1.165) is 11.1 Å². The molecule has 1 aromatic carbocycles. The summed E-state index contributed by atoms with van der Waals surface area (Å²) in [5.74, 6) is 0.388. The number of ether oxygens (including phenoxy) is 1. The quantitative estimate of drug-likeness (QED) is 0.622. The Labute approximate surface area is 123 Å². The lowest BCUT2D eigenvalue weighted by molar-refractivity contribution is -0.129. The van der Waals surface area contributed by atoms with Crippen molar-refractivity contribution in [1.82, 2.24) is 0 Å². The van der Waals surface area contributed by atoms with Gasteiger partial charge >= 0.3 is 5.97 Å². The number of rotatable bonds is 2. The van der Waals surface area contributed by atoms with Crippen molar-refractivity contribution in [1.29, 1.82) is 0 Å². The number of furan rings is 1. The van der Waals surface area contributed by atoms with Gasteiger partial charge in [0.15, 0.2) is 10.4 Å². The molecule has 1 aliphatic heterocycles. The van der Waals surface area contributed by atoms with Crippen molar-refractivity contribution in [2.24, 2.45) is 4.99 Å². The fourth-order valence-corrected chi connectivity index (χ4v) is 2.20. The zero-order valence-corrected chi connectivity index (χ0v) is 12.2. The first-order chi connectivity index (χ1) is 9.63. The molecule has 5 heteroatoms. The second kappa shape index (κ2) is 5.09. The average molecular weight is 332 g/mol. The summed E-state index contributed by atoms with van der Waals surface area (Å²) in [6.07, 6.45) is 1.55. The van der Waals surface area contributed by atoms with E-state index in [1.54, 1.807) is 18.2 Å². The molecular formula is C15H10BrNO3. The van der Waals surface area contributed by atoms with Gasteiger partial charge in [-0.1, -0.05) is 18.2 Å². The number of carbonyl (C=O) groups excluding carboxylic acids is 1. The van der Waals surface area contributed by atoms with Crippen LogP contribution in [-0.4, -0.2) is 11.9 Å². The molecule has 0 aliphatic carbocycles. The zero-order chi connectivity index (χ0) is 14.1. The maximum Gasteiger partial charge on any atom is 0.363 e. The number of halogens is 1. The van der Waals surface area contributed by atoms with Crippen LogP contribution in [0.4, 0.5) is 0 Å². The standard InChI is InChI=1S/C15H10BrNO3/c1-9-4-2-3-5-11(9)14-17-12(15(18)20-14)8-10-6-7-13(16)19-10/h2-8H,1H3. The number of aliphatic imine (C=N–C) groups is 1. The van der Waals surface area contributed by atoms with Crippen LogP contribution in [0.1, 0.15) is 16.9 Å². The van der Waals surface area contributed by atoms with Crippen molar-refractivity contribution in [2.45, 2.75) is 6.92 Å². The lowest BCUT2D eigenvalue weighted by Gasteiger charge is -2.02. The van der Waals surface area contributed by atoms with E-state index in [2.05, 4.69) is 20.9 Å². The number of aryl methyl sites for hydroxylation is 1. The maximum atomic E-state index is 11.8. The van der Waals surface area contributed by atoms with E-state index in [9.17, 15) is 4.79 Å². The Morgan fingerprint density at radius 3 is 2.70 bits per heavy atom. The molecule has 0 atom stereocenters. The van der Waals surface area contributed by atoms with Crippen molar-refractivity contribution < 1.29 is 13.9 Å². The highest BCUT2D eigenvalue weighted by atomic mass is 79.9. The molecule has 0 N–H and O–H groups in total. The van der Waals surface area contributed by atoms with Crippen LogP contribution in [0.25, 0.3) is 6.08 Å². The third kappa shape index (κ3) is 2.44. The summed E-state index contributed by atoms with van der Waals surface area (Å²) < 4.78 is 11.1. The Bertz CT molecular complexity index is 743. The molecule has 0 bridgehead atoms. The third-order valence-corrected chi connectivity index (χ3v) is 3.30. The predicted octanol–water partition coefficient (Wildman–Crippen LogP) is 3.70. The summed E-state index contributed by atoms with van der Waals surface area (Å²) >= 11 is 3.21. The molecule has 0 saturated heterocycles. The van der Waals surface area contributed by atoms with E-state index in [0.29, 0.717) is 16.3 Å². The summed E-state index contributed by atoms with van der Waals surface area (Å²) in [4.78, 5) is 16.1. The van der Waals surface area contributed by atoms with Gasteiger partial charge in [-0.2, -0.15) is 0 Å². The molecule has 0 fully saturated rings. The minimum absolute atomic E-state index is 0.227. The van der Waals surface area contributed by atoms with Gasteiger partial charge < -0.3 is 9.15 Å². The third-order valence-electron chi connectivity index (χ3n) is 2.87. The van der Waals surface area contributed by atoms with E-state index >= 15 is 0 Å². The lowest BCUT2D eigenvalue weighted by Crippen LogP contribution is -2.06. The van der Waals surface area contributed by atoms with Gasteiger partial charge in [-0.25, -0.2) is 9.79 Å². The Hall–Kier alpha value is -2.14. The summed E-state index contributed by atoms with van der Waals surface area (Å²) in [7, 11) is 0. The Balaban J connectivity index is 1.97. The number of hydrogen-bond donors (Lipinski definition) is 0. The van der Waals surface area contributed by atoms with Crippen molar-refractivity contribution in [3.63, 3.8) is 0 Å². The van der Waals surface area contributed by atoms with Crippen LogP contribution >= 0.6 is 15.9 Å². The van der Waals surface area contributed by atoms with Crippen LogP contribution in [0.15, 0.2) is 56.2 Å². The fourth-order valence-electron chi connectivity index (χ4n) is 1.88. The predicted molar refractivity (Wildman–Crippen MR) is 78.2 cm³/mol. The zero-order valence-electron chi connectivity index (χ0n) is 10.6. The maximum absolute atomic E-state index is 11.8. The molecule has 3 rings (SSSR count). The van der Waals surface area contributed by atoms with E-state index in [-0.39, 0.29) is 5.70 Å². The molecule has 0 radical (unpaired) electrons. The Morgan fingerprint density at radius 1 is 1.20 bits per heavy atom. The molecule has 2 heterocycles. The van der Waals surface area contributed by atoms with Crippen molar-refractivity contribution in [2.75, 3.05) is 0 Å². The first-order valence-corrected chi connectivity index (χ1v) is 6.77. The number of esters is 1. The van der Waals surface area contributed by atoms with Crippen LogP contribution in [-0.2, 0) is 9.53 Å². The lowest BCUT2D eigenvalue weighted by atomic mass is 10.1. The number of nitrogens with zero attached hydrogens (tertiary/aromatic N) is 1. The van der Waals surface area contributed by atoms with Crippen molar-refractivity contribution in [3.8, 4) is 0 Å². The second-order valence-electron chi connectivity index (χ2n) is 4.29. The first kappa shape index (κ1) is 12.9. The SMILES string of the molecule is Cc1ccccc1C1=NC(=Cc2ccc(Br)o2)C(=O)O1. The highest BCUT2D eigenvalue weighted by molar-refractivity contribution is 9.10. The summed E-state index contributed by atoms with van der Waals surface area (Å²) in [6, 6.07) is 11.1. The minimum atomic E-state index is -0.476. The van der Waals surface area contributed by atoms with E-state index in [1.807, 2.05) is 31.2 Å². The van der Waals surface area contributed by atoms with E-state index in [1.165, 1.54) is 0 Å². The monoisotopic (exact) mass is 331 g/mol. The van der Waals surface area contributed by atoms with Gasteiger partial charge in [0.1, 0.15) is 5.76 Å². The summed E-state index contributed by atoms with van der Waals surface area (Å²) in [5, 5.41) is 0. The fraction of sp³-hybridized carbons (Fsp3) is 0.0667. The normalized spacial score (nSPS) is 16.4. The molecular weight excluding hydrogens is 322 g/mol. The number of benzene rings is 1. The second-order valence-corrected chi connectivity index (χ2v) is 5.07. The molecule has 0 spiro atoms. The topological polar surface area (TPSA) is 51.8 Å². The molecule has 1 aliphatic rings. The number of carbonyl (C=O) groups is 1. The molecule has 4 nitrogen and oxygen atoms in total. The Morgan fingerprint density at radius 2 is 2.00 bits per heavy atom. The molecule has 0 unspecified atom stereocenters. The van der Waals surface area contributed by atoms with Crippen LogP contribution in [0, 0.1) is 6.92 Å². The van der Waals surface area contributed by atoms with Gasteiger partial charge in [0.25, 0.3) is 0 Å². The number of hydrogen-bond acceptors (Lipinski definition) is 4. The minimum Gasteiger partial charge on any atom is -0.450 e. The number of cyclic esters (lactones) is 1. The van der Waals surface area contributed by atoms with Gasteiger partial charge in [0.2, 0.25) is 5.90 Å².